The van der Waals surface area contributed by atoms with Crippen molar-refractivity contribution in [2.45, 2.75) is 50.6 Å². The average molecular weight is 238 g/mol. The zero-order valence-electron chi connectivity index (χ0n) is 10.8. The van der Waals surface area contributed by atoms with E-state index < -0.39 is 0 Å². The van der Waals surface area contributed by atoms with E-state index in [-0.39, 0.29) is 0 Å². The third-order valence-electron chi connectivity index (χ3n) is 4.53. The first kappa shape index (κ1) is 11.9. The van der Waals surface area contributed by atoms with Gasteiger partial charge in [-0.05, 0) is 63.5 Å². The monoisotopic (exact) mass is 238 g/mol. The number of hydrogen-bond acceptors (Lipinski definition) is 3. The first-order valence-corrected chi connectivity index (χ1v) is 7.46. The predicted molar refractivity (Wildman–Crippen MR) is 69.1 cm³/mol. The van der Waals surface area contributed by atoms with E-state index in [2.05, 4.69) is 10.6 Å². The van der Waals surface area contributed by atoms with E-state index in [1.807, 2.05) is 0 Å². The standard InChI is InChI=1S/C14H26N2O/c1(7-17-10-11-2-3-11)6-15-9-12-8-13-4-5-14(12)16-13/h11-16H,1-10H2. The average Bonchev–Trinajstić information content (AvgIpc) is 2.93. The van der Waals surface area contributed by atoms with Crippen molar-refractivity contribution >= 4 is 0 Å². The maximum absolute atomic E-state index is 5.63. The van der Waals surface area contributed by atoms with Crippen LogP contribution in [0.3, 0.4) is 0 Å². The Labute approximate surface area is 105 Å². The van der Waals surface area contributed by atoms with Crippen molar-refractivity contribution < 1.29 is 4.74 Å². The van der Waals surface area contributed by atoms with Crippen LogP contribution in [0, 0.1) is 11.8 Å². The Kier molecular flexibility index (Phi) is 3.99. The fourth-order valence-electron chi connectivity index (χ4n) is 3.28. The van der Waals surface area contributed by atoms with E-state index >= 15 is 0 Å². The summed E-state index contributed by atoms with van der Waals surface area (Å²) < 4.78 is 5.63. The van der Waals surface area contributed by atoms with Gasteiger partial charge in [0.15, 0.2) is 0 Å². The highest BCUT2D eigenvalue weighted by atomic mass is 16.5. The van der Waals surface area contributed by atoms with Gasteiger partial charge >= 0.3 is 0 Å². The van der Waals surface area contributed by atoms with Gasteiger partial charge in [-0.15, -0.1) is 0 Å². The normalized spacial score (nSPS) is 35.6. The van der Waals surface area contributed by atoms with Crippen LogP contribution in [0.1, 0.15) is 38.5 Å². The molecule has 0 spiro atoms. The minimum absolute atomic E-state index is 0.818. The molecule has 2 heterocycles. The molecule has 3 atom stereocenters. The van der Waals surface area contributed by atoms with Crippen LogP contribution in [0.4, 0.5) is 0 Å². The number of rotatable bonds is 8. The molecule has 3 unspecified atom stereocenters. The lowest BCUT2D eigenvalue weighted by molar-refractivity contribution is 0.122. The lowest BCUT2D eigenvalue weighted by Crippen LogP contribution is -2.32. The lowest BCUT2D eigenvalue weighted by atomic mass is 9.89. The van der Waals surface area contributed by atoms with Crippen LogP contribution in [-0.4, -0.2) is 38.4 Å². The van der Waals surface area contributed by atoms with Gasteiger partial charge in [0.2, 0.25) is 0 Å². The van der Waals surface area contributed by atoms with E-state index in [0.717, 1.165) is 43.7 Å². The smallest absolute Gasteiger partial charge is 0.0494 e. The topological polar surface area (TPSA) is 33.3 Å². The minimum Gasteiger partial charge on any atom is -0.381 e. The predicted octanol–water partition coefficient (Wildman–Crippen LogP) is 1.53. The summed E-state index contributed by atoms with van der Waals surface area (Å²) in [6.07, 6.45) is 8.18. The number of nitrogens with one attached hydrogen (secondary N) is 2. The van der Waals surface area contributed by atoms with Crippen LogP contribution in [0.25, 0.3) is 0 Å². The summed E-state index contributed by atoms with van der Waals surface area (Å²) in [4.78, 5) is 0. The second-order valence-corrected chi connectivity index (χ2v) is 6.12. The van der Waals surface area contributed by atoms with Crippen molar-refractivity contribution in [3.8, 4) is 0 Å². The summed E-state index contributed by atoms with van der Waals surface area (Å²) in [5, 5.41) is 7.29. The molecule has 2 saturated heterocycles. The maximum atomic E-state index is 5.63. The molecule has 3 fully saturated rings. The molecule has 0 aromatic heterocycles. The first-order valence-electron chi connectivity index (χ1n) is 7.46. The summed E-state index contributed by atoms with van der Waals surface area (Å²) in [7, 11) is 0. The molecule has 0 radical (unpaired) electrons. The molecule has 2 bridgehead atoms. The minimum atomic E-state index is 0.818. The molecule has 2 aliphatic heterocycles. The number of ether oxygens (including phenoxy) is 1. The van der Waals surface area contributed by atoms with Gasteiger partial charge in [0.1, 0.15) is 0 Å². The molecule has 0 aromatic carbocycles. The van der Waals surface area contributed by atoms with Crippen LogP contribution < -0.4 is 10.6 Å². The van der Waals surface area contributed by atoms with E-state index in [4.69, 9.17) is 4.74 Å². The van der Waals surface area contributed by atoms with Crippen molar-refractivity contribution in [1.82, 2.24) is 10.6 Å². The van der Waals surface area contributed by atoms with Crippen LogP contribution >= 0.6 is 0 Å². The molecule has 1 aliphatic carbocycles. The Morgan fingerprint density at radius 1 is 1.18 bits per heavy atom. The van der Waals surface area contributed by atoms with Crippen LogP contribution in [-0.2, 0) is 4.74 Å². The second-order valence-electron chi connectivity index (χ2n) is 6.12. The summed E-state index contributed by atoms with van der Waals surface area (Å²) in [6, 6.07) is 1.66. The number of fused-ring (bicyclic) bond motifs is 2. The SMILES string of the molecule is C(CNCC1CC2CCC1N2)COCC1CC1. The first-order chi connectivity index (χ1) is 8.42. The molecule has 2 N–H and O–H groups in total. The van der Waals surface area contributed by atoms with Gasteiger partial charge in [-0.3, -0.25) is 0 Å². The van der Waals surface area contributed by atoms with Crippen LogP contribution in [0.15, 0.2) is 0 Å². The third-order valence-corrected chi connectivity index (χ3v) is 4.53. The van der Waals surface area contributed by atoms with Gasteiger partial charge in [0, 0.05) is 25.3 Å². The Morgan fingerprint density at radius 2 is 2.12 bits per heavy atom. The van der Waals surface area contributed by atoms with E-state index in [1.165, 1.54) is 45.1 Å². The zero-order valence-corrected chi connectivity index (χ0v) is 10.8. The summed E-state index contributed by atoms with van der Waals surface area (Å²) in [5.41, 5.74) is 0. The molecule has 0 amide bonds. The third kappa shape index (κ3) is 3.43. The Bertz CT molecular complexity index is 242. The highest BCUT2D eigenvalue weighted by Gasteiger charge is 2.38. The molecule has 1 saturated carbocycles. The van der Waals surface area contributed by atoms with Crippen molar-refractivity contribution in [1.29, 1.82) is 0 Å². The fraction of sp³-hybridized carbons (Fsp3) is 1.00. The van der Waals surface area contributed by atoms with Gasteiger partial charge in [0.25, 0.3) is 0 Å². The molecule has 17 heavy (non-hydrogen) atoms. The van der Waals surface area contributed by atoms with Crippen molar-refractivity contribution in [2.24, 2.45) is 11.8 Å². The molecule has 3 aliphatic rings. The highest BCUT2D eigenvalue weighted by molar-refractivity contribution is 4.97. The summed E-state index contributed by atoms with van der Waals surface area (Å²) in [5.74, 6) is 1.80. The van der Waals surface area contributed by atoms with Crippen molar-refractivity contribution in [3.05, 3.63) is 0 Å². The largest absolute Gasteiger partial charge is 0.381 e. The van der Waals surface area contributed by atoms with Gasteiger partial charge in [-0.25, -0.2) is 0 Å². The Morgan fingerprint density at radius 3 is 2.82 bits per heavy atom. The van der Waals surface area contributed by atoms with Gasteiger partial charge in [-0.1, -0.05) is 0 Å². The zero-order chi connectivity index (χ0) is 11.5. The van der Waals surface area contributed by atoms with E-state index in [1.54, 1.807) is 0 Å². The molecule has 3 heteroatoms. The Hall–Kier alpha value is -0.120. The summed E-state index contributed by atoms with van der Waals surface area (Å²) in [6.45, 7) is 4.28. The highest BCUT2D eigenvalue weighted by Crippen LogP contribution is 2.32. The van der Waals surface area contributed by atoms with E-state index in [0.29, 0.717) is 0 Å². The number of hydrogen-bond donors (Lipinski definition) is 2. The van der Waals surface area contributed by atoms with E-state index in [9.17, 15) is 0 Å². The van der Waals surface area contributed by atoms with Crippen molar-refractivity contribution in [2.75, 3.05) is 26.3 Å². The maximum Gasteiger partial charge on any atom is 0.0494 e. The van der Waals surface area contributed by atoms with Gasteiger partial charge in [0.05, 0.1) is 0 Å². The molecular formula is C14H26N2O. The molecule has 3 nitrogen and oxygen atoms in total. The Balaban J connectivity index is 1.17. The van der Waals surface area contributed by atoms with Gasteiger partial charge in [-0.2, -0.15) is 0 Å². The van der Waals surface area contributed by atoms with Crippen LogP contribution in [0.5, 0.6) is 0 Å². The molecular weight excluding hydrogens is 212 g/mol. The second kappa shape index (κ2) is 5.68. The van der Waals surface area contributed by atoms with Gasteiger partial charge < -0.3 is 15.4 Å². The lowest BCUT2D eigenvalue weighted by Gasteiger charge is -2.20. The molecule has 98 valence electrons. The fourth-order valence-corrected chi connectivity index (χ4v) is 3.28. The molecule has 0 aromatic rings. The molecule has 3 rings (SSSR count). The quantitative estimate of drug-likeness (QED) is 0.629. The van der Waals surface area contributed by atoms with Crippen LogP contribution in [0.2, 0.25) is 0 Å². The summed E-state index contributed by atoms with van der Waals surface area (Å²) >= 11 is 0. The van der Waals surface area contributed by atoms with Crippen molar-refractivity contribution in [3.63, 3.8) is 0 Å².